The van der Waals surface area contributed by atoms with Gasteiger partial charge in [0.2, 0.25) is 0 Å². The van der Waals surface area contributed by atoms with E-state index in [4.69, 9.17) is 5.73 Å². The summed E-state index contributed by atoms with van der Waals surface area (Å²) in [5, 5.41) is 0. The Morgan fingerprint density at radius 3 is 2.62 bits per heavy atom. The molecule has 5 heteroatoms. The summed E-state index contributed by atoms with van der Waals surface area (Å²) >= 11 is 0. The minimum Gasteiger partial charge on any atom is -0.363 e. The minimum atomic E-state index is -0.315. The number of imidazole rings is 1. The largest absolute Gasteiger partial charge is 0.363 e. The number of nitrogens with one attached hydrogen (secondary N) is 1. The monoisotopic (exact) mass is 287 g/mol. The zero-order valence-corrected chi connectivity index (χ0v) is 13.2. The van der Waals surface area contributed by atoms with Gasteiger partial charge in [-0.2, -0.15) is 0 Å². The molecule has 0 amide bonds. The highest BCUT2D eigenvalue weighted by Crippen LogP contribution is 2.38. The molecule has 1 aliphatic rings. The van der Waals surface area contributed by atoms with E-state index in [1.54, 1.807) is 0 Å². The fourth-order valence-corrected chi connectivity index (χ4v) is 3.21. The molecule has 0 spiro atoms. The second-order valence-corrected chi connectivity index (χ2v) is 6.53. The van der Waals surface area contributed by atoms with Gasteiger partial charge in [-0.25, -0.2) is 9.97 Å². The van der Waals surface area contributed by atoms with Gasteiger partial charge in [0, 0.05) is 14.1 Å². The Kier molecular flexibility index (Phi) is 3.61. The first-order valence-electron chi connectivity index (χ1n) is 7.85. The van der Waals surface area contributed by atoms with Gasteiger partial charge in [0.25, 0.3) is 0 Å². The number of rotatable bonds is 3. The lowest BCUT2D eigenvalue weighted by atomic mass is 9.76. The highest BCUT2D eigenvalue weighted by Gasteiger charge is 2.35. The Morgan fingerprint density at radius 2 is 2.00 bits per heavy atom. The van der Waals surface area contributed by atoms with Crippen molar-refractivity contribution in [3.63, 3.8) is 0 Å². The molecule has 0 saturated heterocycles. The summed E-state index contributed by atoms with van der Waals surface area (Å²) in [5.74, 6) is 2.64. The average molecular weight is 287 g/mol. The van der Waals surface area contributed by atoms with Crippen molar-refractivity contribution in [1.82, 2.24) is 15.0 Å². The SMILES string of the molecule is CCC1CCC(N)(c2nc3nc(N(C)C)ccc3[nH]2)CC1. The number of hydrogen-bond acceptors (Lipinski definition) is 4. The van der Waals surface area contributed by atoms with Gasteiger partial charge in [-0.3, -0.25) is 0 Å². The molecule has 3 rings (SSSR count). The molecule has 0 unspecified atom stereocenters. The van der Waals surface area contributed by atoms with E-state index in [1.807, 2.05) is 31.1 Å². The maximum atomic E-state index is 6.63. The van der Waals surface area contributed by atoms with Crippen molar-refractivity contribution in [1.29, 1.82) is 0 Å². The molecular formula is C16H25N5. The van der Waals surface area contributed by atoms with Crippen molar-refractivity contribution >= 4 is 17.0 Å². The highest BCUT2D eigenvalue weighted by atomic mass is 15.2. The van der Waals surface area contributed by atoms with E-state index in [0.717, 1.165) is 41.6 Å². The fourth-order valence-electron chi connectivity index (χ4n) is 3.21. The average Bonchev–Trinajstić information content (AvgIpc) is 2.91. The van der Waals surface area contributed by atoms with Gasteiger partial charge in [0.1, 0.15) is 11.6 Å². The van der Waals surface area contributed by atoms with Gasteiger partial charge in [0.05, 0.1) is 11.1 Å². The van der Waals surface area contributed by atoms with E-state index in [0.29, 0.717) is 0 Å². The molecule has 2 heterocycles. The lowest BCUT2D eigenvalue weighted by molar-refractivity contribution is 0.223. The number of fused-ring (bicyclic) bond motifs is 1. The second-order valence-electron chi connectivity index (χ2n) is 6.53. The van der Waals surface area contributed by atoms with Crippen molar-refractivity contribution < 1.29 is 0 Å². The normalized spacial score (nSPS) is 26.2. The summed E-state index contributed by atoms with van der Waals surface area (Å²) in [5.41, 5.74) is 8.05. The Hall–Kier alpha value is -1.62. The van der Waals surface area contributed by atoms with E-state index in [1.165, 1.54) is 19.3 Å². The van der Waals surface area contributed by atoms with Crippen LogP contribution in [-0.2, 0) is 5.54 Å². The summed E-state index contributed by atoms with van der Waals surface area (Å²) < 4.78 is 0. The van der Waals surface area contributed by atoms with Crippen molar-refractivity contribution in [2.24, 2.45) is 11.7 Å². The third-order valence-corrected chi connectivity index (χ3v) is 4.84. The fraction of sp³-hybridized carbons (Fsp3) is 0.625. The number of aromatic nitrogens is 3. The Morgan fingerprint density at radius 1 is 1.29 bits per heavy atom. The molecular weight excluding hydrogens is 262 g/mol. The van der Waals surface area contributed by atoms with Crippen LogP contribution in [0, 0.1) is 5.92 Å². The van der Waals surface area contributed by atoms with Crippen molar-refractivity contribution in [3.05, 3.63) is 18.0 Å². The number of nitrogens with zero attached hydrogens (tertiary/aromatic N) is 3. The van der Waals surface area contributed by atoms with Crippen LogP contribution in [0.1, 0.15) is 44.9 Å². The van der Waals surface area contributed by atoms with Crippen LogP contribution in [0.4, 0.5) is 5.82 Å². The molecule has 0 aromatic carbocycles. The Bertz CT molecular complexity index is 623. The van der Waals surface area contributed by atoms with Gasteiger partial charge in [-0.1, -0.05) is 13.3 Å². The molecule has 2 aromatic rings. The molecule has 1 saturated carbocycles. The molecule has 0 bridgehead atoms. The van der Waals surface area contributed by atoms with E-state index in [9.17, 15) is 0 Å². The quantitative estimate of drug-likeness (QED) is 0.910. The molecule has 1 aliphatic carbocycles. The lowest BCUT2D eigenvalue weighted by Crippen LogP contribution is -2.41. The molecule has 1 fully saturated rings. The smallest absolute Gasteiger partial charge is 0.179 e. The zero-order valence-electron chi connectivity index (χ0n) is 13.2. The maximum Gasteiger partial charge on any atom is 0.179 e. The van der Waals surface area contributed by atoms with E-state index in [-0.39, 0.29) is 5.54 Å². The maximum absolute atomic E-state index is 6.63. The van der Waals surface area contributed by atoms with Gasteiger partial charge >= 0.3 is 0 Å². The second kappa shape index (κ2) is 5.30. The summed E-state index contributed by atoms with van der Waals surface area (Å²) in [7, 11) is 3.97. The first-order chi connectivity index (χ1) is 10.0. The third-order valence-electron chi connectivity index (χ3n) is 4.84. The van der Waals surface area contributed by atoms with Crippen LogP contribution < -0.4 is 10.6 Å². The molecule has 0 aliphatic heterocycles. The standard InChI is InChI=1S/C16H25N5/c1-4-11-7-9-16(17,10-8-11)15-18-12-5-6-13(21(2)3)19-14(12)20-15/h5-6,11H,4,7-10,17H2,1-3H3,(H,18,19,20). The van der Waals surface area contributed by atoms with Crippen LogP contribution in [0.15, 0.2) is 12.1 Å². The first-order valence-corrected chi connectivity index (χ1v) is 7.85. The first kappa shape index (κ1) is 14.3. The summed E-state index contributed by atoms with van der Waals surface area (Å²) in [4.78, 5) is 14.6. The van der Waals surface area contributed by atoms with Crippen LogP contribution in [0.25, 0.3) is 11.2 Å². The van der Waals surface area contributed by atoms with Crippen molar-refractivity contribution in [2.75, 3.05) is 19.0 Å². The predicted octanol–water partition coefficient (Wildman–Crippen LogP) is 2.78. The summed E-state index contributed by atoms with van der Waals surface area (Å²) in [6.45, 7) is 2.27. The predicted molar refractivity (Wildman–Crippen MR) is 86.3 cm³/mol. The summed E-state index contributed by atoms with van der Waals surface area (Å²) in [6, 6.07) is 4.04. The van der Waals surface area contributed by atoms with Gasteiger partial charge in [-0.15, -0.1) is 0 Å². The van der Waals surface area contributed by atoms with Crippen LogP contribution in [0.2, 0.25) is 0 Å². The van der Waals surface area contributed by atoms with Gasteiger partial charge in [-0.05, 0) is 43.7 Å². The van der Waals surface area contributed by atoms with E-state index >= 15 is 0 Å². The minimum absolute atomic E-state index is 0.315. The number of pyridine rings is 1. The van der Waals surface area contributed by atoms with Gasteiger partial charge in [0.15, 0.2) is 5.65 Å². The highest BCUT2D eigenvalue weighted by molar-refractivity contribution is 5.73. The molecule has 3 N–H and O–H groups in total. The van der Waals surface area contributed by atoms with Crippen LogP contribution in [0.5, 0.6) is 0 Å². The van der Waals surface area contributed by atoms with Crippen molar-refractivity contribution in [3.8, 4) is 0 Å². The van der Waals surface area contributed by atoms with Crippen molar-refractivity contribution in [2.45, 2.75) is 44.6 Å². The number of nitrogens with two attached hydrogens (primary N) is 1. The number of aromatic amines is 1. The van der Waals surface area contributed by atoms with E-state index < -0.39 is 0 Å². The van der Waals surface area contributed by atoms with Crippen LogP contribution >= 0.6 is 0 Å². The number of hydrogen-bond donors (Lipinski definition) is 2. The van der Waals surface area contributed by atoms with Gasteiger partial charge < -0.3 is 15.6 Å². The van der Waals surface area contributed by atoms with Crippen LogP contribution in [-0.4, -0.2) is 29.0 Å². The van der Waals surface area contributed by atoms with Crippen LogP contribution in [0.3, 0.4) is 0 Å². The zero-order chi connectivity index (χ0) is 15.0. The topological polar surface area (TPSA) is 70.8 Å². The Balaban J connectivity index is 1.90. The van der Waals surface area contributed by atoms with E-state index in [2.05, 4.69) is 21.9 Å². The third kappa shape index (κ3) is 2.62. The Labute approximate surface area is 126 Å². The number of anilines is 1. The molecule has 5 nitrogen and oxygen atoms in total. The molecule has 0 radical (unpaired) electrons. The lowest BCUT2D eigenvalue weighted by Gasteiger charge is -2.35. The molecule has 0 atom stereocenters. The molecule has 2 aromatic heterocycles. The molecule has 114 valence electrons. The molecule has 21 heavy (non-hydrogen) atoms. The summed E-state index contributed by atoms with van der Waals surface area (Å²) in [6.07, 6.45) is 5.66. The number of H-pyrrole nitrogens is 1.